The molecule has 238 valence electrons. The molecule has 0 aliphatic carbocycles. The van der Waals surface area contributed by atoms with Crippen LogP contribution in [0.25, 0.3) is 0 Å². The predicted octanol–water partition coefficient (Wildman–Crippen LogP) is 2.96. The fraction of sp³-hybridized carbons (Fsp3) is 0.645. The first kappa shape index (κ1) is 30.2. The maximum atomic E-state index is 16.3. The van der Waals surface area contributed by atoms with Crippen LogP contribution in [-0.4, -0.2) is 114 Å². The number of ether oxygens (including phenoxy) is 1. The van der Waals surface area contributed by atoms with Gasteiger partial charge < -0.3 is 19.4 Å². The molecule has 3 fully saturated rings. The standard InChI is InChI=1S/C31H42FN7O3S2/c1-30(38-11-15-43-16-12-38,39-13-17-44-18-14-39)42-21-19-23(32)25-24(20-21)36(3)28(41)31(25)6-9-37(10-7-31)29-33-26-22(27(40)34-29)5-4-8-35(26)2/h19-20H,4-18H2,1-3H3,(H,33,34,40). The van der Waals surface area contributed by atoms with Crippen LogP contribution in [-0.2, 0) is 16.6 Å². The summed E-state index contributed by atoms with van der Waals surface area (Å²) in [6.07, 6.45) is 2.53. The predicted molar refractivity (Wildman–Crippen MR) is 176 cm³/mol. The van der Waals surface area contributed by atoms with Crippen molar-refractivity contribution in [3.05, 3.63) is 39.4 Å². The third kappa shape index (κ3) is 4.98. The first-order chi connectivity index (χ1) is 21.2. The number of H-pyrrole nitrogens is 1. The number of likely N-dealkylation sites (N-methyl/N-ethyl adjacent to an activating group) is 1. The number of nitrogens with zero attached hydrogens (tertiary/aromatic N) is 6. The number of thioether (sulfide) groups is 2. The van der Waals surface area contributed by atoms with Gasteiger partial charge in [-0.3, -0.25) is 24.4 Å². The van der Waals surface area contributed by atoms with Gasteiger partial charge in [-0.15, -0.1) is 0 Å². The summed E-state index contributed by atoms with van der Waals surface area (Å²) in [6.45, 7) is 7.61. The summed E-state index contributed by atoms with van der Waals surface area (Å²) in [4.78, 5) is 45.0. The van der Waals surface area contributed by atoms with Crippen LogP contribution in [0.2, 0.25) is 0 Å². The molecule has 0 unspecified atom stereocenters. The van der Waals surface area contributed by atoms with Gasteiger partial charge in [0.2, 0.25) is 17.7 Å². The number of halogens is 1. The molecule has 2 aromatic rings. The molecule has 1 aromatic carbocycles. The molecule has 5 aliphatic heterocycles. The fourth-order valence-electron chi connectivity index (χ4n) is 7.74. The number of hydrogen-bond donors (Lipinski definition) is 1. The number of amides is 1. The summed E-state index contributed by atoms with van der Waals surface area (Å²) in [5, 5.41) is 0. The van der Waals surface area contributed by atoms with Crippen LogP contribution in [0.3, 0.4) is 0 Å². The number of nitrogens with one attached hydrogen (secondary N) is 1. The van der Waals surface area contributed by atoms with Gasteiger partial charge in [0.25, 0.3) is 5.56 Å². The van der Waals surface area contributed by atoms with Crippen LogP contribution in [0, 0.1) is 5.82 Å². The van der Waals surface area contributed by atoms with E-state index in [1.54, 1.807) is 11.9 Å². The maximum Gasteiger partial charge on any atom is 0.257 e. The van der Waals surface area contributed by atoms with Gasteiger partial charge in [0, 0.05) is 108 Å². The third-order valence-electron chi connectivity index (χ3n) is 10.3. The van der Waals surface area contributed by atoms with Gasteiger partial charge in [-0.25, -0.2) is 4.39 Å². The molecule has 0 atom stereocenters. The molecule has 0 bridgehead atoms. The molecule has 3 saturated heterocycles. The second-order valence-electron chi connectivity index (χ2n) is 12.7. The third-order valence-corrected chi connectivity index (χ3v) is 12.2. The van der Waals surface area contributed by atoms with E-state index >= 15 is 4.39 Å². The van der Waals surface area contributed by atoms with Crippen molar-refractivity contribution in [3.63, 3.8) is 0 Å². The Hall–Kier alpha value is -2.48. The van der Waals surface area contributed by atoms with Crippen LogP contribution < -0.4 is 25.0 Å². The number of benzene rings is 1. The minimum Gasteiger partial charge on any atom is -0.459 e. The van der Waals surface area contributed by atoms with Gasteiger partial charge in [-0.2, -0.15) is 28.5 Å². The molecule has 13 heteroatoms. The smallest absolute Gasteiger partial charge is 0.257 e. The molecule has 1 N–H and O–H groups in total. The Morgan fingerprint density at radius 2 is 1.59 bits per heavy atom. The van der Waals surface area contributed by atoms with Crippen molar-refractivity contribution >= 4 is 46.9 Å². The Kier molecular flexibility index (Phi) is 8.03. The largest absolute Gasteiger partial charge is 0.459 e. The number of rotatable bonds is 5. The zero-order valence-electron chi connectivity index (χ0n) is 25.9. The number of carbonyl (C=O) groups excluding carboxylic acids is 1. The number of aromatic amines is 1. The Morgan fingerprint density at radius 1 is 0.955 bits per heavy atom. The number of fused-ring (bicyclic) bond motifs is 3. The highest BCUT2D eigenvalue weighted by molar-refractivity contribution is 7.99. The van der Waals surface area contributed by atoms with Crippen molar-refractivity contribution in [1.82, 2.24) is 19.8 Å². The SMILES string of the molecule is CN1CCCc2c1nc(N1CCC3(CC1)C(=O)N(C)c1cc(OC(C)(N4CCSCC4)N4CCSCC4)cc(F)c13)[nH]c2=O. The van der Waals surface area contributed by atoms with Crippen molar-refractivity contribution in [3.8, 4) is 5.75 Å². The first-order valence-electron chi connectivity index (χ1n) is 15.8. The zero-order valence-corrected chi connectivity index (χ0v) is 27.5. The van der Waals surface area contributed by atoms with Crippen molar-refractivity contribution in [2.75, 3.05) is 97.6 Å². The summed E-state index contributed by atoms with van der Waals surface area (Å²) in [6, 6.07) is 3.36. The van der Waals surface area contributed by atoms with Gasteiger partial charge >= 0.3 is 0 Å². The van der Waals surface area contributed by atoms with Crippen LogP contribution >= 0.6 is 23.5 Å². The molecule has 1 amide bonds. The lowest BCUT2D eigenvalue weighted by Crippen LogP contribution is -2.65. The van der Waals surface area contributed by atoms with Crippen molar-refractivity contribution in [2.45, 2.75) is 43.9 Å². The highest BCUT2D eigenvalue weighted by atomic mass is 32.2. The number of anilines is 3. The van der Waals surface area contributed by atoms with E-state index in [1.165, 1.54) is 6.07 Å². The monoisotopic (exact) mass is 643 g/mol. The second kappa shape index (κ2) is 11.7. The van der Waals surface area contributed by atoms with E-state index in [2.05, 4.69) is 21.7 Å². The number of carbonyl (C=O) groups is 1. The second-order valence-corrected chi connectivity index (χ2v) is 15.1. The van der Waals surface area contributed by atoms with Gasteiger partial charge in [-0.05, 0) is 25.7 Å². The average Bonchev–Trinajstić information content (AvgIpc) is 3.24. The van der Waals surface area contributed by atoms with E-state index in [0.29, 0.717) is 48.9 Å². The van der Waals surface area contributed by atoms with Crippen molar-refractivity contribution in [2.24, 2.45) is 0 Å². The fourth-order valence-corrected chi connectivity index (χ4v) is 9.55. The van der Waals surface area contributed by atoms with Gasteiger partial charge in [0.1, 0.15) is 17.4 Å². The van der Waals surface area contributed by atoms with Gasteiger partial charge in [0.05, 0.1) is 16.7 Å². The number of piperidine rings is 1. The summed E-state index contributed by atoms with van der Waals surface area (Å²) in [5.41, 5.74) is 0.731. The van der Waals surface area contributed by atoms with Crippen LogP contribution in [0.5, 0.6) is 5.75 Å². The molecular formula is C31H42FN7O3S2. The highest BCUT2D eigenvalue weighted by Gasteiger charge is 2.53. The molecule has 6 heterocycles. The minimum absolute atomic E-state index is 0.0845. The van der Waals surface area contributed by atoms with Crippen LogP contribution in [0.4, 0.5) is 21.8 Å². The van der Waals surface area contributed by atoms with E-state index in [4.69, 9.17) is 9.72 Å². The minimum atomic E-state index is -0.952. The summed E-state index contributed by atoms with van der Waals surface area (Å²) < 4.78 is 23.1. The Labute approximate surface area is 266 Å². The molecule has 44 heavy (non-hydrogen) atoms. The summed E-state index contributed by atoms with van der Waals surface area (Å²) in [7, 11) is 3.71. The molecule has 5 aliphatic rings. The molecule has 7 rings (SSSR count). The van der Waals surface area contributed by atoms with E-state index in [9.17, 15) is 9.59 Å². The van der Waals surface area contributed by atoms with Crippen LogP contribution in [0.1, 0.15) is 37.3 Å². The Morgan fingerprint density at radius 3 is 2.23 bits per heavy atom. The number of aromatic nitrogens is 2. The van der Waals surface area contributed by atoms with Crippen LogP contribution in [0.15, 0.2) is 16.9 Å². The normalized spacial score (nSPS) is 22.8. The molecule has 1 aromatic heterocycles. The molecule has 0 radical (unpaired) electrons. The van der Waals surface area contributed by atoms with Gasteiger partial charge in [-0.1, -0.05) is 0 Å². The van der Waals surface area contributed by atoms with E-state index in [-0.39, 0.29) is 11.5 Å². The molecular weight excluding hydrogens is 602 g/mol. The molecule has 0 saturated carbocycles. The lowest BCUT2D eigenvalue weighted by atomic mass is 9.73. The topological polar surface area (TPSA) is 88.2 Å². The molecule has 10 nitrogen and oxygen atoms in total. The van der Waals surface area contributed by atoms with Gasteiger partial charge in [0.15, 0.2) is 0 Å². The lowest BCUT2D eigenvalue weighted by Gasteiger charge is -2.50. The summed E-state index contributed by atoms with van der Waals surface area (Å²) in [5.74, 6) is 4.71. The number of hydrogen-bond acceptors (Lipinski definition) is 10. The maximum absolute atomic E-state index is 16.3. The first-order valence-corrected chi connectivity index (χ1v) is 18.1. The average molecular weight is 644 g/mol. The lowest BCUT2D eigenvalue weighted by molar-refractivity contribution is -0.178. The zero-order chi connectivity index (χ0) is 30.6. The van der Waals surface area contributed by atoms with Crippen molar-refractivity contribution in [1.29, 1.82) is 0 Å². The quantitative estimate of drug-likeness (QED) is 0.525. The van der Waals surface area contributed by atoms with E-state index in [0.717, 1.165) is 80.0 Å². The van der Waals surface area contributed by atoms with E-state index in [1.807, 2.05) is 46.4 Å². The summed E-state index contributed by atoms with van der Waals surface area (Å²) >= 11 is 3.91. The van der Waals surface area contributed by atoms with Crippen molar-refractivity contribution < 1.29 is 13.9 Å². The van der Waals surface area contributed by atoms with E-state index < -0.39 is 17.1 Å². The Balaban J connectivity index is 1.16. The highest BCUT2D eigenvalue weighted by Crippen LogP contribution is 2.50. The Bertz CT molecular complexity index is 1470. The molecule has 1 spiro atoms.